The van der Waals surface area contributed by atoms with E-state index in [1.165, 1.54) is 11.0 Å². The van der Waals surface area contributed by atoms with E-state index in [4.69, 9.17) is 5.73 Å². The van der Waals surface area contributed by atoms with Gasteiger partial charge in [-0.05, 0) is 20.8 Å². The minimum absolute atomic E-state index is 0.0383. The number of fused-ring (bicyclic) bond motifs is 1. The van der Waals surface area contributed by atoms with Gasteiger partial charge in [0, 0.05) is 26.1 Å². The molecule has 1 aliphatic rings. The van der Waals surface area contributed by atoms with Gasteiger partial charge in [0.25, 0.3) is 0 Å². The van der Waals surface area contributed by atoms with Gasteiger partial charge in [0.1, 0.15) is 17.2 Å². The molecule has 0 saturated heterocycles. The molecule has 0 aromatic carbocycles. The van der Waals surface area contributed by atoms with Gasteiger partial charge >= 0.3 is 6.09 Å². The van der Waals surface area contributed by atoms with E-state index in [-0.39, 0.29) is 5.91 Å². The molecule has 0 aliphatic carbocycles. The summed E-state index contributed by atoms with van der Waals surface area (Å²) in [5, 5.41) is 2.97. The van der Waals surface area contributed by atoms with Gasteiger partial charge in [-0.1, -0.05) is 0 Å². The van der Waals surface area contributed by atoms with Crippen LogP contribution in [0.5, 0.6) is 0 Å². The van der Waals surface area contributed by atoms with E-state index < -0.39 is 17.5 Å². The molecule has 0 fully saturated rings. The number of hydrogen-bond donors (Lipinski definition) is 2. The molecule has 0 saturated carbocycles. The van der Waals surface area contributed by atoms with Gasteiger partial charge in [0.2, 0.25) is 5.91 Å². The Hall–Kier alpha value is -2.38. The van der Waals surface area contributed by atoms with Crippen molar-refractivity contribution >= 4 is 23.5 Å². The van der Waals surface area contributed by atoms with Crippen molar-refractivity contribution in [1.82, 2.24) is 4.98 Å². The molecule has 122 valence electrons. The number of rotatable bonds is 0. The summed E-state index contributed by atoms with van der Waals surface area (Å²) in [6, 6.07) is 1.30. The molecule has 1 aromatic rings. The first-order valence-electron chi connectivity index (χ1n) is 6.74. The Morgan fingerprint density at radius 2 is 2.14 bits per heavy atom. The van der Waals surface area contributed by atoms with Crippen molar-refractivity contribution in [3.8, 4) is 0 Å². The number of nitrogens with one attached hydrogen (secondary N) is 1. The Bertz CT molecular complexity index is 558. The average Bonchev–Trinajstić information content (AvgIpc) is 2.49. The smallest absolute Gasteiger partial charge is 0.405 e. The van der Waals surface area contributed by atoms with Crippen LogP contribution < -0.4 is 16.0 Å². The normalized spacial score (nSPS) is 14.0. The summed E-state index contributed by atoms with van der Waals surface area (Å²) in [5.74, 6) is 0.0792. The van der Waals surface area contributed by atoms with Crippen LogP contribution >= 0.6 is 0 Å². The highest BCUT2D eigenvalue weighted by atomic mass is 19.1. The van der Waals surface area contributed by atoms with E-state index in [9.17, 15) is 14.0 Å². The molecule has 0 atom stereocenters. The zero-order valence-electron chi connectivity index (χ0n) is 13.1. The number of anilines is 2. The predicted molar refractivity (Wildman–Crippen MR) is 81.1 cm³/mol. The number of amides is 2. The highest BCUT2D eigenvalue weighted by Gasteiger charge is 2.19. The number of nitrogens with two attached hydrogens (primary N) is 1. The van der Waals surface area contributed by atoms with Crippen LogP contribution in [-0.2, 0) is 9.53 Å². The predicted octanol–water partition coefficient (Wildman–Crippen LogP) is 1.88. The van der Waals surface area contributed by atoms with Gasteiger partial charge in [-0.15, -0.1) is 0 Å². The molecular weight excluding hydrogens is 291 g/mol. The number of carbonyl (C=O) groups excluding carboxylic acids is 2. The Kier molecular flexibility index (Phi) is 5.67. The second-order valence-corrected chi connectivity index (χ2v) is 5.68. The topological polar surface area (TPSA) is 97.5 Å². The molecule has 2 rings (SSSR count). The van der Waals surface area contributed by atoms with Crippen molar-refractivity contribution in [2.24, 2.45) is 5.73 Å². The van der Waals surface area contributed by atoms with Crippen molar-refractivity contribution < 1.29 is 18.7 Å². The number of primary amides is 1. The lowest BCUT2D eigenvalue weighted by atomic mass is 10.2. The summed E-state index contributed by atoms with van der Waals surface area (Å²) in [4.78, 5) is 26.7. The molecule has 1 aromatic heterocycles. The third-order valence-electron chi connectivity index (χ3n) is 2.61. The highest BCUT2D eigenvalue weighted by Crippen LogP contribution is 2.25. The van der Waals surface area contributed by atoms with E-state index in [2.05, 4.69) is 15.0 Å². The third kappa shape index (κ3) is 5.55. The highest BCUT2D eigenvalue weighted by molar-refractivity contribution is 5.96. The summed E-state index contributed by atoms with van der Waals surface area (Å²) in [6.07, 6.45) is 0.807. The SMILES string of the molecule is CC(C)(C)OC(N)=O.CN1C(=O)CCNc2ncc(F)cc21. The van der Waals surface area contributed by atoms with Crippen molar-refractivity contribution in [3.05, 3.63) is 18.1 Å². The van der Waals surface area contributed by atoms with Gasteiger partial charge in [-0.2, -0.15) is 0 Å². The van der Waals surface area contributed by atoms with Crippen LogP contribution in [0, 0.1) is 5.82 Å². The lowest BCUT2D eigenvalue weighted by Gasteiger charge is -2.16. The molecule has 0 bridgehead atoms. The summed E-state index contributed by atoms with van der Waals surface area (Å²) in [6.45, 7) is 5.82. The largest absolute Gasteiger partial charge is 0.444 e. The fourth-order valence-electron chi connectivity index (χ4n) is 1.71. The van der Waals surface area contributed by atoms with Crippen LogP contribution in [0.2, 0.25) is 0 Å². The minimum atomic E-state index is -0.725. The molecule has 22 heavy (non-hydrogen) atoms. The minimum Gasteiger partial charge on any atom is -0.444 e. The number of ether oxygens (including phenoxy) is 1. The maximum absolute atomic E-state index is 12.9. The van der Waals surface area contributed by atoms with E-state index in [1.807, 2.05) is 0 Å². The average molecular weight is 312 g/mol. The Labute approximate surface area is 128 Å². The quantitative estimate of drug-likeness (QED) is 0.762. The lowest BCUT2D eigenvalue weighted by molar-refractivity contribution is -0.118. The van der Waals surface area contributed by atoms with E-state index >= 15 is 0 Å². The number of hydrogen-bond acceptors (Lipinski definition) is 5. The number of carbonyl (C=O) groups is 2. The fraction of sp³-hybridized carbons (Fsp3) is 0.500. The van der Waals surface area contributed by atoms with Gasteiger partial charge < -0.3 is 20.7 Å². The van der Waals surface area contributed by atoms with Gasteiger partial charge in [0.05, 0.1) is 11.9 Å². The van der Waals surface area contributed by atoms with Crippen LogP contribution in [0.25, 0.3) is 0 Å². The molecule has 3 N–H and O–H groups in total. The van der Waals surface area contributed by atoms with Gasteiger partial charge in [-0.3, -0.25) is 4.79 Å². The van der Waals surface area contributed by atoms with Crippen molar-refractivity contribution in [2.45, 2.75) is 32.8 Å². The Balaban J connectivity index is 0.000000261. The summed E-state index contributed by atoms with van der Waals surface area (Å²) >= 11 is 0. The maximum Gasteiger partial charge on any atom is 0.405 e. The van der Waals surface area contributed by atoms with Crippen molar-refractivity contribution in [3.63, 3.8) is 0 Å². The molecule has 7 nitrogen and oxygen atoms in total. The molecule has 2 heterocycles. The fourth-order valence-corrected chi connectivity index (χ4v) is 1.71. The van der Waals surface area contributed by atoms with Gasteiger partial charge in [-0.25, -0.2) is 14.2 Å². The second-order valence-electron chi connectivity index (χ2n) is 5.68. The summed E-state index contributed by atoms with van der Waals surface area (Å²) < 4.78 is 17.5. The Morgan fingerprint density at radius 3 is 2.64 bits per heavy atom. The molecule has 0 spiro atoms. The number of pyridine rings is 1. The van der Waals surface area contributed by atoms with Crippen LogP contribution in [0.15, 0.2) is 12.3 Å². The second kappa shape index (κ2) is 7.06. The molecule has 8 heteroatoms. The van der Waals surface area contributed by atoms with Crippen LogP contribution in [0.4, 0.5) is 20.7 Å². The zero-order valence-corrected chi connectivity index (χ0v) is 13.1. The number of nitrogens with zero attached hydrogens (tertiary/aromatic N) is 2. The molecular formula is C14H21FN4O3. The third-order valence-corrected chi connectivity index (χ3v) is 2.61. The van der Waals surface area contributed by atoms with Crippen molar-refractivity contribution in [1.29, 1.82) is 0 Å². The van der Waals surface area contributed by atoms with Gasteiger partial charge in [0.15, 0.2) is 0 Å². The Morgan fingerprint density at radius 1 is 1.50 bits per heavy atom. The monoisotopic (exact) mass is 312 g/mol. The van der Waals surface area contributed by atoms with Crippen LogP contribution in [-0.4, -0.2) is 36.2 Å². The molecule has 1 aliphatic heterocycles. The maximum atomic E-state index is 12.9. The van der Waals surface area contributed by atoms with E-state index in [1.54, 1.807) is 27.8 Å². The standard InChI is InChI=1S/C9H10FN3O.C5H11NO2/c1-13-7-4-6(10)5-12-9(7)11-3-2-8(13)14;1-5(2,3)8-4(6)7/h4-5H,2-3H2,1H3,(H,11,12);1-3H3,(H2,6,7). The van der Waals surface area contributed by atoms with E-state index in [0.29, 0.717) is 24.5 Å². The van der Waals surface area contributed by atoms with E-state index in [0.717, 1.165) is 6.20 Å². The molecule has 2 amide bonds. The lowest BCUT2D eigenvalue weighted by Crippen LogP contribution is -2.27. The van der Waals surface area contributed by atoms with Crippen LogP contribution in [0.3, 0.4) is 0 Å². The van der Waals surface area contributed by atoms with Crippen LogP contribution in [0.1, 0.15) is 27.2 Å². The first-order chi connectivity index (χ1) is 10.1. The molecule has 0 unspecified atom stereocenters. The first-order valence-corrected chi connectivity index (χ1v) is 6.74. The summed E-state index contributed by atoms with van der Waals surface area (Å²) in [7, 11) is 1.62. The molecule has 0 radical (unpaired) electrons. The zero-order chi connectivity index (χ0) is 16.9. The number of aromatic nitrogens is 1. The number of halogens is 1. The first kappa shape index (κ1) is 17.7. The van der Waals surface area contributed by atoms with Crippen molar-refractivity contribution in [2.75, 3.05) is 23.8 Å². The summed E-state index contributed by atoms with van der Waals surface area (Å²) in [5.41, 5.74) is 4.76.